The molecule has 0 aromatic heterocycles. The Bertz CT molecular complexity index is 934. The minimum atomic E-state index is -0.833. The summed E-state index contributed by atoms with van der Waals surface area (Å²) in [6.07, 6.45) is 9.76. The van der Waals surface area contributed by atoms with Gasteiger partial charge in [-0.25, -0.2) is 0 Å². The predicted molar refractivity (Wildman–Crippen MR) is 181 cm³/mol. The van der Waals surface area contributed by atoms with Gasteiger partial charge in [0.1, 0.15) is 12.1 Å². The number of ether oxygens (including phenoxy) is 5. The number of aliphatic hydroxyl groups excluding tert-OH is 1. The van der Waals surface area contributed by atoms with Gasteiger partial charge in [0.25, 0.3) is 0 Å². The highest BCUT2D eigenvalue weighted by molar-refractivity contribution is 5.83. The average molecular weight is 685 g/mol. The Balaban J connectivity index is 1.98. The normalized spacial score (nSPS) is 23.1. The van der Waals surface area contributed by atoms with E-state index in [9.17, 15) is 24.3 Å². The van der Waals surface area contributed by atoms with Gasteiger partial charge < -0.3 is 34.1 Å². The summed E-state index contributed by atoms with van der Waals surface area (Å²) in [7, 11) is 0. The van der Waals surface area contributed by atoms with Crippen LogP contribution in [0.1, 0.15) is 118 Å². The number of esters is 4. The molecule has 0 aromatic carbocycles. The van der Waals surface area contributed by atoms with Crippen LogP contribution in [0.2, 0.25) is 0 Å². The van der Waals surface area contributed by atoms with Crippen LogP contribution < -0.4 is 5.32 Å². The van der Waals surface area contributed by atoms with Gasteiger partial charge in [-0.2, -0.15) is 0 Å². The summed E-state index contributed by atoms with van der Waals surface area (Å²) in [5.74, 6) is -0.600. The summed E-state index contributed by atoms with van der Waals surface area (Å²) in [5, 5.41) is 14.3. The highest BCUT2D eigenvalue weighted by Gasteiger charge is 2.38. The van der Waals surface area contributed by atoms with Gasteiger partial charge in [0.2, 0.25) is 0 Å². The molecule has 0 saturated heterocycles. The van der Waals surface area contributed by atoms with Crippen molar-refractivity contribution in [3.63, 3.8) is 0 Å². The summed E-state index contributed by atoms with van der Waals surface area (Å²) in [4.78, 5) is 52.4. The Morgan fingerprint density at radius 2 is 1.27 bits per heavy atom. The minimum Gasteiger partial charge on any atom is -0.466 e. The molecule has 278 valence electrons. The second kappa shape index (κ2) is 24.0. The van der Waals surface area contributed by atoms with E-state index in [2.05, 4.69) is 12.2 Å². The van der Waals surface area contributed by atoms with Crippen LogP contribution in [0.4, 0.5) is 0 Å². The van der Waals surface area contributed by atoms with E-state index in [1.54, 1.807) is 27.7 Å². The monoisotopic (exact) mass is 684 g/mol. The number of aliphatic hydroxyl groups is 1. The van der Waals surface area contributed by atoms with Crippen LogP contribution in [-0.2, 0) is 42.9 Å². The van der Waals surface area contributed by atoms with E-state index in [0.717, 1.165) is 70.6 Å². The van der Waals surface area contributed by atoms with Gasteiger partial charge in [-0.15, -0.1) is 0 Å². The Labute approximate surface area is 288 Å². The first-order valence-corrected chi connectivity index (χ1v) is 18.6. The van der Waals surface area contributed by atoms with Crippen molar-refractivity contribution < 1.29 is 48.0 Å². The number of nitrogens with one attached hydrogen (secondary N) is 1. The molecule has 12 heteroatoms. The lowest BCUT2D eigenvalue weighted by atomic mass is 9.75. The second-order valence-corrected chi connectivity index (χ2v) is 13.2. The molecule has 0 amide bonds. The Morgan fingerprint density at radius 1 is 0.729 bits per heavy atom. The minimum absolute atomic E-state index is 0.0227. The quantitative estimate of drug-likeness (QED) is 0.0896. The third-order valence-electron chi connectivity index (χ3n) is 9.48. The van der Waals surface area contributed by atoms with Gasteiger partial charge in [0.05, 0.1) is 52.0 Å². The van der Waals surface area contributed by atoms with Crippen molar-refractivity contribution >= 4 is 23.9 Å². The van der Waals surface area contributed by atoms with Gasteiger partial charge >= 0.3 is 23.9 Å². The van der Waals surface area contributed by atoms with Crippen LogP contribution >= 0.6 is 0 Å². The molecule has 12 nitrogen and oxygen atoms in total. The second-order valence-electron chi connectivity index (χ2n) is 13.2. The van der Waals surface area contributed by atoms with E-state index in [4.69, 9.17) is 23.7 Å². The molecule has 0 heterocycles. The number of unbranched alkanes of at least 4 members (excludes halogenated alkanes) is 1. The lowest BCUT2D eigenvalue weighted by molar-refractivity contribution is -0.158. The van der Waals surface area contributed by atoms with E-state index < -0.39 is 42.1 Å². The molecule has 3 atom stereocenters. The van der Waals surface area contributed by atoms with Crippen molar-refractivity contribution in [1.29, 1.82) is 0 Å². The van der Waals surface area contributed by atoms with E-state index in [1.165, 1.54) is 0 Å². The van der Waals surface area contributed by atoms with Gasteiger partial charge in [-0.3, -0.25) is 24.1 Å². The fraction of sp³-hybridized carbons (Fsp3) is 0.889. The van der Waals surface area contributed by atoms with E-state index in [-0.39, 0.29) is 64.5 Å². The molecule has 2 rings (SSSR count). The fourth-order valence-electron chi connectivity index (χ4n) is 7.12. The number of nitrogens with zero attached hydrogens (tertiary/aromatic N) is 1. The zero-order valence-electron chi connectivity index (χ0n) is 30.3. The van der Waals surface area contributed by atoms with Gasteiger partial charge in [0, 0.05) is 25.2 Å². The van der Waals surface area contributed by atoms with Crippen molar-refractivity contribution in [1.82, 2.24) is 10.2 Å². The summed E-state index contributed by atoms with van der Waals surface area (Å²) in [6.45, 7) is 11.0. The van der Waals surface area contributed by atoms with E-state index in [0.29, 0.717) is 18.4 Å². The first-order chi connectivity index (χ1) is 23.1. The van der Waals surface area contributed by atoms with Crippen molar-refractivity contribution in [2.75, 3.05) is 46.2 Å². The largest absolute Gasteiger partial charge is 0.466 e. The summed E-state index contributed by atoms with van der Waals surface area (Å²) in [5.41, 5.74) is 0. The summed E-state index contributed by atoms with van der Waals surface area (Å²) >= 11 is 0. The average Bonchev–Trinajstić information content (AvgIpc) is 3.06. The number of rotatable bonds is 23. The predicted octanol–water partition coefficient (Wildman–Crippen LogP) is 4.33. The first kappa shape index (κ1) is 41.9. The van der Waals surface area contributed by atoms with E-state index >= 15 is 0 Å². The van der Waals surface area contributed by atoms with Gasteiger partial charge in [-0.1, -0.05) is 13.3 Å². The first-order valence-electron chi connectivity index (χ1n) is 18.6. The molecule has 48 heavy (non-hydrogen) atoms. The van der Waals surface area contributed by atoms with E-state index in [1.807, 2.05) is 4.90 Å². The molecule has 0 aliphatic heterocycles. The summed E-state index contributed by atoms with van der Waals surface area (Å²) < 4.78 is 26.6. The Morgan fingerprint density at radius 3 is 1.83 bits per heavy atom. The molecule has 3 unspecified atom stereocenters. The van der Waals surface area contributed by atoms with Crippen molar-refractivity contribution in [2.45, 2.75) is 148 Å². The van der Waals surface area contributed by atoms with Crippen molar-refractivity contribution in [2.24, 2.45) is 11.8 Å². The lowest BCUT2D eigenvalue weighted by Gasteiger charge is -2.42. The fourth-order valence-corrected chi connectivity index (χ4v) is 7.12. The van der Waals surface area contributed by atoms with Gasteiger partial charge in [0.15, 0.2) is 0 Å². The number of hydrogen-bond donors (Lipinski definition) is 2. The van der Waals surface area contributed by atoms with Crippen LogP contribution in [0.5, 0.6) is 0 Å². The zero-order valence-corrected chi connectivity index (χ0v) is 30.3. The topological polar surface area (TPSA) is 150 Å². The molecule has 2 fully saturated rings. The molecule has 0 spiro atoms. The smallest absolute Gasteiger partial charge is 0.323 e. The van der Waals surface area contributed by atoms with Crippen LogP contribution in [0, 0.1) is 11.8 Å². The number of carbonyl (C=O) groups is 4. The summed E-state index contributed by atoms with van der Waals surface area (Å²) in [6, 6.07) is -1.37. The third kappa shape index (κ3) is 15.5. The molecule has 2 N–H and O–H groups in total. The molecule has 2 aliphatic carbocycles. The van der Waals surface area contributed by atoms with Crippen LogP contribution in [0.15, 0.2) is 0 Å². The molecular formula is C36H64N2O10. The van der Waals surface area contributed by atoms with Crippen LogP contribution in [-0.4, -0.2) is 110 Å². The third-order valence-corrected chi connectivity index (χ3v) is 9.48. The number of hydrogen-bond acceptors (Lipinski definition) is 12. The van der Waals surface area contributed by atoms with Crippen molar-refractivity contribution in [3.05, 3.63) is 0 Å². The standard InChI is InChI=1S/C36H64N2O10/c1-6-11-20-44-25-30(39)24-38(32(36(43)48-10-5)23-34(41)46-8-3)29-18-14-27(15-19-29)21-26-12-16-28(17-13-26)37-31(35(42)47-9-4)22-33(40)45-7-2/h26-32,37,39H,6-25H2,1-5H3. The zero-order chi connectivity index (χ0) is 35.3. The molecule has 0 bridgehead atoms. The van der Waals surface area contributed by atoms with Crippen LogP contribution in [0.3, 0.4) is 0 Å². The highest BCUT2D eigenvalue weighted by Crippen LogP contribution is 2.37. The van der Waals surface area contributed by atoms with Crippen molar-refractivity contribution in [3.8, 4) is 0 Å². The maximum atomic E-state index is 13.2. The SMILES string of the molecule is CCCCOCC(O)CN(C1CCC(CC2CCC(NC(CC(=O)OCC)C(=O)OCC)CC2)CC1)C(CC(=O)OCC)C(=O)OCC. The van der Waals surface area contributed by atoms with Gasteiger partial charge in [-0.05, 0) is 104 Å². The maximum absolute atomic E-state index is 13.2. The molecule has 0 radical (unpaired) electrons. The maximum Gasteiger partial charge on any atom is 0.323 e. The Hall–Kier alpha value is -2.28. The number of carbonyl (C=O) groups excluding carboxylic acids is 4. The molecule has 2 saturated carbocycles. The Kier molecular flexibility index (Phi) is 20.9. The van der Waals surface area contributed by atoms with Crippen LogP contribution in [0.25, 0.3) is 0 Å². The molecule has 2 aliphatic rings. The lowest BCUT2D eigenvalue weighted by Crippen LogP contribution is -2.53. The molecule has 0 aromatic rings. The highest BCUT2D eigenvalue weighted by atomic mass is 16.5. The molecular weight excluding hydrogens is 620 g/mol.